The Morgan fingerprint density at radius 2 is 1.87 bits per heavy atom. The molecule has 0 atom stereocenters. The first-order valence-electron chi connectivity index (χ1n) is 6.17. The summed E-state index contributed by atoms with van der Waals surface area (Å²) in [5, 5.41) is 12.7. The van der Waals surface area contributed by atoms with E-state index < -0.39 is 11.4 Å². The molecule has 3 heteroatoms. The second-order valence-electron chi connectivity index (χ2n) is 5.19. The van der Waals surface area contributed by atoms with Gasteiger partial charge in [-0.2, -0.15) is 0 Å². The molecule has 0 aromatic carbocycles. The van der Waals surface area contributed by atoms with Crippen LogP contribution in [0.25, 0.3) is 0 Å². The fourth-order valence-corrected chi connectivity index (χ4v) is 3.18. The van der Waals surface area contributed by atoms with E-state index in [1.807, 2.05) is 0 Å². The molecule has 3 nitrogen and oxygen atoms in total. The van der Waals surface area contributed by atoms with Gasteiger partial charge in [-0.05, 0) is 38.3 Å². The van der Waals surface area contributed by atoms with E-state index in [1.54, 1.807) is 0 Å². The molecule has 2 fully saturated rings. The summed E-state index contributed by atoms with van der Waals surface area (Å²) in [6, 6.07) is 0. The van der Waals surface area contributed by atoms with Crippen molar-refractivity contribution >= 4 is 5.97 Å². The van der Waals surface area contributed by atoms with Crippen LogP contribution in [0.1, 0.15) is 44.9 Å². The van der Waals surface area contributed by atoms with Crippen molar-refractivity contribution in [2.75, 3.05) is 13.1 Å². The summed E-state index contributed by atoms with van der Waals surface area (Å²) in [6.45, 7) is 1.75. The van der Waals surface area contributed by atoms with Gasteiger partial charge < -0.3 is 10.4 Å². The Morgan fingerprint density at radius 3 is 2.40 bits per heavy atom. The molecule has 0 spiro atoms. The van der Waals surface area contributed by atoms with Gasteiger partial charge in [-0.25, -0.2) is 0 Å². The monoisotopic (exact) mass is 211 g/mol. The van der Waals surface area contributed by atoms with Crippen LogP contribution in [0, 0.1) is 11.3 Å². The molecule has 86 valence electrons. The molecule has 1 aliphatic heterocycles. The number of nitrogens with one attached hydrogen (secondary N) is 1. The lowest BCUT2D eigenvalue weighted by molar-refractivity contribution is -0.152. The molecule has 1 saturated heterocycles. The average molecular weight is 211 g/mol. The Kier molecular flexibility index (Phi) is 3.29. The van der Waals surface area contributed by atoms with Crippen molar-refractivity contribution in [2.24, 2.45) is 11.3 Å². The lowest BCUT2D eigenvalue weighted by atomic mass is 9.72. The molecule has 1 saturated carbocycles. The predicted molar refractivity (Wildman–Crippen MR) is 58.7 cm³/mol. The molecule has 0 unspecified atom stereocenters. The molecule has 2 rings (SSSR count). The highest BCUT2D eigenvalue weighted by Gasteiger charge is 2.41. The van der Waals surface area contributed by atoms with Crippen LogP contribution in [-0.4, -0.2) is 24.2 Å². The molecule has 1 heterocycles. The van der Waals surface area contributed by atoms with Gasteiger partial charge in [-0.15, -0.1) is 0 Å². The largest absolute Gasteiger partial charge is 0.481 e. The van der Waals surface area contributed by atoms with Gasteiger partial charge in [0, 0.05) is 0 Å². The molecule has 0 bridgehead atoms. The van der Waals surface area contributed by atoms with Gasteiger partial charge in [0.25, 0.3) is 0 Å². The fourth-order valence-electron chi connectivity index (χ4n) is 3.18. The van der Waals surface area contributed by atoms with E-state index in [9.17, 15) is 9.90 Å². The van der Waals surface area contributed by atoms with Gasteiger partial charge in [0.2, 0.25) is 0 Å². The number of carbonyl (C=O) groups is 1. The molecule has 0 aromatic heterocycles. The zero-order valence-electron chi connectivity index (χ0n) is 9.30. The van der Waals surface area contributed by atoms with Gasteiger partial charge in [0.15, 0.2) is 0 Å². The van der Waals surface area contributed by atoms with E-state index in [2.05, 4.69) is 5.32 Å². The first kappa shape index (κ1) is 10.9. The van der Waals surface area contributed by atoms with Crippen LogP contribution in [0.4, 0.5) is 0 Å². The Hall–Kier alpha value is -0.570. The van der Waals surface area contributed by atoms with Gasteiger partial charge in [-0.1, -0.05) is 25.7 Å². The number of piperidine rings is 1. The first-order valence-corrected chi connectivity index (χ1v) is 6.17. The van der Waals surface area contributed by atoms with Crippen molar-refractivity contribution in [1.29, 1.82) is 0 Å². The molecule has 0 amide bonds. The average Bonchev–Trinajstić information content (AvgIpc) is 2.71. The number of aliphatic carboxylic acids is 1. The Morgan fingerprint density at radius 1 is 1.27 bits per heavy atom. The van der Waals surface area contributed by atoms with E-state index in [-0.39, 0.29) is 0 Å². The zero-order valence-corrected chi connectivity index (χ0v) is 9.30. The van der Waals surface area contributed by atoms with Crippen molar-refractivity contribution in [3.63, 3.8) is 0 Å². The Bertz CT molecular complexity index is 228. The standard InChI is InChI=1S/C12H21NO2/c14-11(15)12(5-7-13-8-6-12)9-10-3-1-2-4-10/h10,13H,1-9H2,(H,14,15). The number of hydrogen-bond donors (Lipinski definition) is 2. The summed E-state index contributed by atoms with van der Waals surface area (Å²) in [5.41, 5.74) is -0.403. The second kappa shape index (κ2) is 4.52. The molecule has 15 heavy (non-hydrogen) atoms. The number of rotatable bonds is 3. The molecule has 1 aliphatic carbocycles. The summed E-state index contributed by atoms with van der Waals surface area (Å²) in [6.07, 6.45) is 7.67. The minimum Gasteiger partial charge on any atom is -0.481 e. The fraction of sp³-hybridized carbons (Fsp3) is 0.917. The quantitative estimate of drug-likeness (QED) is 0.751. The molecule has 0 radical (unpaired) electrons. The van der Waals surface area contributed by atoms with Crippen LogP contribution >= 0.6 is 0 Å². The van der Waals surface area contributed by atoms with Crippen molar-refractivity contribution in [3.05, 3.63) is 0 Å². The number of carboxylic acids is 1. The van der Waals surface area contributed by atoms with Crippen LogP contribution in [0.15, 0.2) is 0 Å². The molecule has 2 aliphatic rings. The summed E-state index contributed by atoms with van der Waals surface area (Å²) in [7, 11) is 0. The number of carboxylic acid groups (broad SMARTS) is 1. The van der Waals surface area contributed by atoms with Crippen molar-refractivity contribution in [2.45, 2.75) is 44.9 Å². The third kappa shape index (κ3) is 2.33. The highest BCUT2D eigenvalue weighted by molar-refractivity contribution is 5.74. The maximum atomic E-state index is 11.4. The third-order valence-electron chi connectivity index (χ3n) is 4.17. The maximum Gasteiger partial charge on any atom is 0.309 e. The van der Waals surface area contributed by atoms with Crippen molar-refractivity contribution in [3.8, 4) is 0 Å². The lowest BCUT2D eigenvalue weighted by Gasteiger charge is -2.35. The van der Waals surface area contributed by atoms with Gasteiger partial charge in [0.05, 0.1) is 5.41 Å². The smallest absolute Gasteiger partial charge is 0.309 e. The third-order valence-corrected chi connectivity index (χ3v) is 4.17. The highest BCUT2D eigenvalue weighted by Crippen LogP contribution is 2.41. The van der Waals surface area contributed by atoms with E-state index >= 15 is 0 Å². The first-order chi connectivity index (χ1) is 7.23. The molecule has 0 aromatic rings. The molecule has 2 N–H and O–H groups in total. The summed E-state index contributed by atoms with van der Waals surface area (Å²) in [4.78, 5) is 11.4. The van der Waals surface area contributed by atoms with Crippen molar-refractivity contribution < 1.29 is 9.90 Å². The summed E-state index contributed by atoms with van der Waals surface area (Å²) < 4.78 is 0. The molecular weight excluding hydrogens is 190 g/mol. The molecular formula is C12H21NO2. The van der Waals surface area contributed by atoms with Crippen LogP contribution in [-0.2, 0) is 4.79 Å². The van der Waals surface area contributed by atoms with Crippen molar-refractivity contribution in [1.82, 2.24) is 5.32 Å². The highest BCUT2D eigenvalue weighted by atomic mass is 16.4. The van der Waals surface area contributed by atoms with Gasteiger partial charge in [-0.3, -0.25) is 4.79 Å². The number of hydrogen-bond acceptors (Lipinski definition) is 2. The van der Waals surface area contributed by atoms with E-state index in [1.165, 1.54) is 25.7 Å². The predicted octanol–water partition coefficient (Wildman–Crippen LogP) is 2.02. The maximum absolute atomic E-state index is 11.4. The summed E-state index contributed by atoms with van der Waals surface area (Å²) in [5.74, 6) is 0.120. The zero-order chi connectivity index (χ0) is 10.7. The van der Waals surface area contributed by atoms with E-state index in [0.29, 0.717) is 5.92 Å². The van der Waals surface area contributed by atoms with Crippen LogP contribution in [0.5, 0.6) is 0 Å². The topological polar surface area (TPSA) is 49.3 Å². The van der Waals surface area contributed by atoms with E-state index in [4.69, 9.17) is 0 Å². The minimum absolute atomic E-state index is 0.403. The van der Waals surface area contributed by atoms with E-state index in [0.717, 1.165) is 32.4 Å². The van der Waals surface area contributed by atoms with Crippen LogP contribution < -0.4 is 5.32 Å². The van der Waals surface area contributed by atoms with Gasteiger partial charge in [0.1, 0.15) is 0 Å². The van der Waals surface area contributed by atoms with Crippen LogP contribution in [0.2, 0.25) is 0 Å². The lowest BCUT2D eigenvalue weighted by Crippen LogP contribution is -2.43. The SMILES string of the molecule is O=C(O)C1(CC2CCCC2)CCNCC1. The van der Waals surface area contributed by atoms with Crippen LogP contribution in [0.3, 0.4) is 0 Å². The second-order valence-corrected chi connectivity index (χ2v) is 5.19. The normalized spacial score (nSPS) is 26.7. The minimum atomic E-state index is -0.559. The Labute approximate surface area is 91.2 Å². The Balaban J connectivity index is 2.00. The van der Waals surface area contributed by atoms with Gasteiger partial charge >= 0.3 is 5.97 Å². The summed E-state index contributed by atoms with van der Waals surface area (Å²) >= 11 is 0.